The molecule has 0 fully saturated rings. The van der Waals surface area contributed by atoms with E-state index in [0.29, 0.717) is 0 Å². The van der Waals surface area contributed by atoms with Crippen molar-refractivity contribution in [2.75, 3.05) is 7.11 Å². The molecular weight excluding hydrogens is 308 g/mol. The first-order valence-electron chi connectivity index (χ1n) is 4.72. The lowest BCUT2D eigenvalue weighted by atomic mass is 10.1. The quantitative estimate of drug-likeness (QED) is 0.736. The number of alkyl halides is 1. The van der Waals surface area contributed by atoms with Crippen LogP contribution >= 0.6 is 38.9 Å². The van der Waals surface area contributed by atoms with Crippen molar-refractivity contribution in [1.82, 2.24) is 0 Å². The van der Waals surface area contributed by atoms with Crippen LogP contribution < -0.4 is 4.74 Å². The summed E-state index contributed by atoms with van der Waals surface area (Å²) < 4.78 is 6.20. The zero-order valence-electron chi connectivity index (χ0n) is 8.61. The van der Waals surface area contributed by atoms with Crippen LogP contribution in [0.15, 0.2) is 40.2 Å². The number of hydrogen-bond donors (Lipinski definition) is 0. The first-order valence-corrected chi connectivity index (χ1v) is 6.83. The van der Waals surface area contributed by atoms with Crippen molar-refractivity contribution in [1.29, 1.82) is 0 Å². The number of ether oxygens (including phenoxy) is 1. The maximum absolute atomic E-state index is 6.39. The van der Waals surface area contributed by atoms with Gasteiger partial charge in [0.05, 0.1) is 12.5 Å². The van der Waals surface area contributed by atoms with Crippen LogP contribution in [0, 0.1) is 0 Å². The summed E-state index contributed by atoms with van der Waals surface area (Å²) in [4.78, 5) is 1.10. The van der Waals surface area contributed by atoms with E-state index in [-0.39, 0.29) is 5.38 Å². The molecule has 1 aromatic carbocycles. The zero-order valence-corrected chi connectivity index (χ0v) is 11.8. The van der Waals surface area contributed by atoms with Crippen molar-refractivity contribution < 1.29 is 4.74 Å². The Labute approximate surface area is 112 Å². The summed E-state index contributed by atoms with van der Waals surface area (Å²) in [6.45, 7) is 0. The molecule has 0 aliphatic rings. The fourth-order valence-corrected chi connectivity index (χ4v) is 2.85. The van der Waals surface area contributed by atoms with Crippen molar-refractivity contribution in [3.63, 3.8) is 0 Å². The zero-order chi connectivity index (χ0) is 11.5. The Bertz CT molecular complexity index is 466. The summed E-state index contributed by atoms with van der Waals surface area (Å²) >= 11 is 11.4. The van der Waals surface area contributed by atoms with E-state index in [1.165, 1.54) is 0 Å². The number of methoxy groups -OCH3 is 1. The third kappa shape index (κ3) is 2.59. The van der Waals surface area contributed by atoms with E-state index < -0.39 is 0 Å². The average Bonchev–Trinajstić information content (AvgIpc) is 2.77. The summed E-state index contributed by atoms with van der Waals surface area (Å²) in [6.07, 6.45) is 0. The van der Waals surface area contributed by atoms with Crippen LogP contribution in [0.3, 0.4) is 0 Å². The van der Waals surface area contributed by atoms with Crippen LogP contribution in [-0.2, 0) is 0 Å². The van der Waals surface area contributed by atoms with E-state index in [1.807, 2.05) is 35.7 Å². The van der Waals surface area contributed by atoms with Gasteiger partial charge in [-0.15, -0.1) is 22.9 Å². The Hall–Kier alpha value is -0.510. The molecule has 0 radical (unpaired) electrons. The van der Waals surface area contributed by atoms with Gasteiger partial charge in [0.2, 0.25) is 0 Å². The Kier molecular flexibility index (Phi) is 3.90. The third-order valence-corrected chi connectivity index (χ3v) is 4.36. The minimum atomic E-state index is -0.109. The monoisotopic (exact) mass is 316 g/mol. The van der Waals surface area contributed by atoms with Gasteiger partial charge >= 0.3 is 0 Å². The Morgan fingerprint density at radius 3 is 2.56 bits per heavy atom. The highest BCUT2D eigenvalue weighted by Crippen LogP contribution is 2.35. The van der Waals surface area contributed by atoms with Crippen LogP contribution in [-0.4, -0.2) is 7.11 Å². The Balaban J connectivity index is 2.24. The molecular formula is C12H10BrClOS. The van der Waals surface area contributed by atoms with Crippen molar-refractivity contribution in [2.45, 2.75) is 5.38 Å². The van der Waals surface area contributed by atoms with Crippen molar-refractivity contribution in [3.8, 4) is 5.75 Å². The fourth-order valence-electron chi connectivity index (χ4n) is 1.37. The van der Waals surface area contributed by atoms with E-state index in [4.69, 9.17) is 16.3 Å². The molecule has 1 nitrogen and oxygen atoms in total. The molecule has 1 aromatic heterocycles. The minimum absolute atomic E-state index is 0.109. The maximum atomic E-state index is 6.39. The highest BCUT2D eigenvalue weighted by molar-refractivity contribution is 9.10. The van der Waals surface area contributed by atoms with Crippen LogP contribution in [0.1, 0.15) is 15.8 Å². The summed E-state index contributed by atoms with van der Waals surface area (Å²) in [6, 6.07) is 10.0. The molecule has 4 heteroatoms. The second-order valence-electron chi connectivity index (χ2n) is 3.30. The molecule has 0 bridgehead atoms. The number of rotatable bonds is 3. The molecule has 0 spiro atoms. The topological polar surface area (TPSA) is 9.23 Å². The van der Waals surface area contributed by atoms with E-state index in [1.54, 1.807) is 18.4 Å². The molecule has 0 N–H and O–H groups in total. The highest BCUT2D eigenvalue weighted by Gasteiger charge is 2.13. The van der Waals surface area contributed by atoms with Crippen molar-refractivity contribution >= 4 is 38.9 Å². The molecule has 0 saturated carbocycles. The van der Waals surface area contributed by atoms with Gasteiger partial charge in [0.15, 0.2) is 0 Å². The molecule has 0 aliphatic heterocycles. The van der Waals surface area contributed by atoms with E-state index in [9.17, 15) is 0 Å². The maximum Gasteiger partial charge on any atom is 0.129 e. The number of thiophene rings is 1. The number of hydrogen-bond acceptors (Lipinski definition) is 2. The fraction of sp³-hybridized carbons (Fsp3) is 0.167. The van der Waals surface area contributed by atoms with Crippen LogP contribution in [0.25, 0.3) is 0 Å². The van der Waals surface area contributed by atoms with E-state index >= 15 is 0 Å². The average molecular weight is 318 g/mol. The summed E-state index contributed by atoms with van der Waals surface area (Å²) in [5.74, 6) is 0.864. The van der Waals surface area contributed by atoms with Gasteiger partial charge in [-0.3, -0.25) is 0 Å². The van der Waals surface area contributed by atoms with E-state index in [0.717, 1.165) is 20.7 Å². The van der Waals surface area contributed by atoms with Gasteiger partial charge in [0.25, 0.3) is 0 Å². The van der Waals surface area contributed by atoms with Crippen LogP contribution in [0.4, 0.5) is 0 Å². The van der Waals surface area contributed by atoms with Gasteiger partial charge in [-0.2, -0.15) is 0 Å². The molecule has 0 amide bonds. The molecule has 0 saturated heterocycles. The Morgan fingerprint density at radius 2 is 2.00 bits per heavy atom. The summed E-state index contributed by atoms with van der Waals surface area (Å²) in [5.41, 5.74) is 1.09. The molecule has 1 heterocycles. The SMILES string of the molecule is COc1csc(C(Cl)c2ccc(Br)cc2)c1. The summed E-state index contributed by atoms with van der Waals surface area (Å²) in [5, 5.41) is 1.85. The molecule has 1 atom stereocenters. The van der Waals surface area contributed by atoms with Crippen molar-refractivity contribution in [3.05, 3.63) is 50.6 Å². The lowest BCUT2D eigenvalue weighted by Gasteiger charge is -2.07. The Morgan fingerprint density at radius 1 is 1.31 bits per heavy atom. The van der Waals surface area contributed by atoms with Gasteiger partial charge in [-0.05, 0) is 23.8 Å². The molecule has 1 unspecified atom stereocenters. The van der Waals surface area contributed by atoms with Crippen LogP contribution in [0.5, 0.6) is 5.75 Å². The molecule has 0 aliphatic carbocycles. The lowest BCUT2D eigenvalue weighted by molar-refractivity contribution is 0.416. The van der Waals surface area contributed by atoms with Crippen molar-refractivity contribution in [2.24, 2.45) is 0 Å². The lowest BCUT2D eigenvalue weighted by Crippen LogP contribution is -1.89. The second-order valence-corrected chi connectivity index (χ2v) is 5.60. The molecule has 16 heavy (non-hydrogen) atoms. The van der Waals surface area contributed by atoms with E-state index in [2.05, 4.69) is 15.9 Å². The first kappa shape index (κ1) is 12.0. The molecule has 2 aromatic rings. The predicted molar refractivity (Wildman–Crippen MR) is 72.7 cm³/mol. The molecule has 2 rings (SSSR count). The van der Waals surface area contributed by atoms with Gasteiger partial charge in [0, 0.05) is 14.7 Å². The van der Waals surface area contributed by atoms with Gasteiger partial charge < -0.3 is 4.74 Å². The summed E-state index contributed by atoms with van der Waals surface area (Å²) in [7, 11) is 1.66. The van der Waals surface area contributed by atoms with Crippen LogP contribution in [0.2, 0.25) is 0 Å². The second kappa shape index (κ2) is 5.21. The number of benzene rings is 1. The number of halogens is 2. The smallest absolute Gasteiger partial charge is 0.129 e. The van der Waals surface area contributed by atoms with Gasteiger partial charge in [-0.25, -0.2) is 0 Å². The minimum Gasteiger partial charge on any atom is -0.496 e. The predicted octanol–water partition coefficient (Wildman–Crippen LogP) is 4.85. The van der Waals surface area contributed by atoms with Gasteiger partial charge in [-0.1, -0.05) is 28.1 Å². The standard InChI is InChI=1S/C12H10BrClOS/c1-15-10-6-11(16-7-10)12(14)8-2-4-9(13)5-3-8/h2-7,12H,1H3. The van der Waals surface area contributed by atoms with Gasteiger partial charge in [0.1, 0.15) is 5.75 Å². The first-order chi connectivity index (χ1) is 7.70. The largest absolute Gasteiger partial charge is 0.496 e. The molecule has 84 valence electrons. The highest BCUT2D eigenvalue weighted by atomic mass is 79.9. The normalized spacial score (nSPS) is 12.4. The third-order valence-electron chi connectivity index (χ3n) is 2.24.